The second kappa shape index (κ2) is 6.22. The lowest BCUT2D eigenvalue weighted by Crippen LogP contribution is -2.34. The monoisotopic (exact) mass is 311 g/mol. The standard InChI is InChI=1S/C18H17NO4/c19-16(9-17(20)21)18(22)23-10-12-5-3-7-14-13-6-2-1-4-11(13)8-15(12)14/h1-7,16H,8-10,19H2,(H,20,21). The molecule has 118 valence electrons. The lowest BCUT2D eigenvalue weighted by molar-refractivity contribution is -0.150. The summed E-state index contributed by atoms with van der Waals surface area (Å²) in [5, 5.41) is 8.66. The first-order valence-electron chi connectivity index (χ1n) is 7.39. The van der Waals surface area contributed by atoms with Crippen LogP contribution in [0.2, 0.25) is 0 Å². The number of esters is 1. The quantitative estimate of drug-likeness (QED) is 0.704. The van der Waals surface area contributed by atoms with Crippen LogP contribution in [-0.4, -0.2) is 23.1 Å². The number of carbonyl (C=O) groups excluding carboxylic acids is 1. The number of carboxylic acids is 1. The molecule has 23 heavy (non-hydrogen) atoms. The number of aliphatic carboxylic acids is 1. The van der Waals surface area contributed by atoms with Gasteiger partial charge in [0, 0.05) is 0 Å². The molecule has 0 bridgehead atoms. The zero-order valence-electron chi connectivity index (χ0n) is 12.5. The van der Waals surface area contributed by atoms with Crippen LogP contribution in [0.4, 0.5) is 0 Å². The molecular weight excluding hydrogens is 294 g/mol. The zero-order chi connectivity index (χ0) is 16.4. The van der Waals surface area contributed by atoms with Gasteiger partial charge in [-0.05, 0) is 34.2 Å². The first-order chi connectivity index (χ1) is 11.1. The van der Waals surface area contributed by atoms with Gasteiger partial charge in [0.1, 0.15) is 12.6 Å². The Morgan fingerprint density at radius 3 is 2.65 bits per heavy atom. The van der Waals surface area contributed by atoms with Crippen LogP contribution in [-0.2, 0) is 27.4 Å². The summed E-state index contributed by atoms with van der Waals surface area (Å²) in [7, 11) is 0. The number of carboxylic acid groups (broad SMARTS) is 1. The van der Waals surface area contributed by atoms with Gasteiger partial charge in [-0.15, -0.1) is 0 Å². The predicted molar refractivity (Wildman–Crippen MR) is 84.7 cm³/mol. The van der Waals surface area contributed by atoms with Gasteiger partial charge >= 0.3 is 11.9 Å². The molecule has 0 amide bonds. The summed E-state index contributed by atoms with van der Waals surface area (Å²) in [4.78, 5) is 22.3. The number of carbonyl (C=O) groups is 2. The van der Waals surface area contributed by atoms with E-state index in [2.05, 4.69) is 18.2 Å². The Balaban J connectivity index is 1.74. The van der Waals surface area contributed by atoms with Crippen molar-refractivity contribution < 1.29 is 19.4 Å². The first kappa shape index (κ1) is 15.2. The summed E-state index contributed by atoms with van der Waals surface area (Å²) in [6.07, 6.45) is 0.373. The van der Waals surface area contributed by atoms with E-state index >= 15 is 0 Å². The highest BCUT2D eigenvalue weighted by molar-refractivity contribution is 5.82. The van der Waals surface area contributed by atoms with Crippen molar-refractivity contribution in [2.24, 2.45) is 5.73 Å². The Kier molecular flexibility index (Phi) is 4.12. The third-order valence-electron chi connectivity index (χ3n) is 4.02. The highest BCUT2D eigenvalue weighted by Gasteiger charge is 2.22. The molecule has 1 aliphatic carbocycles. The molecule has 2 aromatic carbocycles. The minimum Gasteiger partial charge on any atom is -0.481 e. The summed E-state index contributed by atoms with van der Waals surface area (Å²) in [5.74, 6) is -1.81. The second-order valence-electron chi connectivity index (χ2n) is 5.59. The van der Waals surface area contributed by atoms with Crippen LogP contribution in [0.5, 0.6) is 0 Å². The maximum Gasteiger partial charge on any atom is 0.323 e. The molecule has 0 aromatic heterocycles. The molecule has 0 fully saturated rings. The van der Waals surface area contributed by atoms with Crippen LogP contribution >= 0.6 is 0 Å². The van der Waals surface area contributed by atoms with Gasteiger partial charge in [-0.2, -0.15) is 0 Å². The summed E-state index contributed by atoms with van der Waals surface area (Å²) < 4.78 is 5.19. The number of nitrogens with two attached hydrogens (primary N) is 1. The number of rotatable bonds is 5. The lowest BCUT2D eigenvalue weighted by atomic mass is 10.0. The van der Waals surface area contributed by atoms with Crippen molar-refractivity contribution in [1.82, 2.24) is 0 Å². The molecule has 3 N–H and O–H groups in total. The molecule has 1 unspecified atom stereocenters. The van der Waals surface area contributed by atoms with Crippen LogP contribution in [0.1, 0.15) is 23.1 Å². The fourth-order valence-electron chi connectivity index (χ4n) is 2.89. The minimum atomic E-state index is -1.14. The third-order valence-corrected chi connectivity index (χ3v) is 4.02. The van der Waals surface area contributed by atoms with E-state index < -0.39 is 24.4 Å². The average Bonchev–Trinajstić information content (AvgIpc) is 2.91. The number of ether oxygens (including phenoxy) is 1. The molecule has 0 heterocycles. The van der Waals surface area contributed by atoms with Crippen molar-refractivity contribution in [3.8, 4) is 11.1 Å². The lowest BCUT2D eigenvalue weighted by Gasteiger charge is -2.12. The Labute approximate surface area is 133 Å². The van der Waals surface area contributed by atoms with Gasteiger partial charge in [-0.1, -0.05) is 42.5 Å². The summed E-state index contributed by atoms with van der Waals surface area (Å²) in [6.45, 7) is 0.101. The van der Waals surface area contributed by atoms with E-state index in [1.54, 1.807) is 0 Å². The molecule has 0 saturated carbocycles. The molecule has 5 nitrogen and oxygen atoms in total. The average molecular weight is 311 g/mol. The normalized spacial score (nSPS) is 13.1. The molecule has 2 aromatic rings. The smallest absolute Gasteiger partial charge is 0.323 e. The molecule has 1 aliphatic rings. The van der Waals surface area contributed by atoms with Gasteiger partial charge in [0.25, 0.3) is 0 Å². The van der Waals surface area contributed by atoms with Crippen molar-refractivity contribution in [1.29, 1.82) is 0 Å². The zero-order valence-corrected chi connectivity index (χ0v) is 12.5. The van der Waals surface area contributed by atoms with Crippen molar-refractivity contribution >= 4 is 11.9 Å². The number of hydrogen-bond donors (Lipinski definition) is 2. The Morgan fingerprint density at radius 2 is 1.87 bits per heavy atom. The van der Waals surface area contributed by atoms with E-state index in [9.17, 15) is 9.59 Å². The van der Waals surface area contributed by atoms with E-state index in [1.165, 1.54) is 11.1 Å². The number of hydrogen-bond acceptors (Lipinski definition) is 4. The van der Waals surface area contributed by atoms with Crippen LogP contribution in [0.15, 0.2) is 42.5 Å². The maximum atomic E-state index is 11.8. The summed E-state index contributed by atoms with van der Waals surface area (Å²) in [5.41, 5.74) is 11.2. The van der Waals surface area contributed by atoms with E-state index in [-0.39, 0.29) is 6.61 Å². The van der Waals surface area contributed by atoms with Gasteiger partial charge in [-0.25, -0.2) is 0 Å². The molecule has 0 saturated heterocycles. The Morgan fingerprint density at radius 1 is 1.13 bits per heavy atom. The fourth-order valence-corrected chi connectivity index (χ4v) is 2.89. The predicted octanol–water partition coefficient (Wildman–Crippen LogP) is 2.10. The maximum absolute atomic E-state index is 11.8. The summed E-state index contributed by atoms with van der Waals surface area (Å²) in [6, 6.07) is 13.0. The van der Waals surface area contributed by atoms with Crippen molar-refractivity contribution in [3.63, 3.8) is 0 Å². The van der Waals surface area contributed by atoms with Crippen LogP contribution in [0.25, 0.3) is 11.1 Å². The van der Waals surface area contributed by atoms with Crippen molar-refractivity contribution in [2.75, 3.05) is 0 Å². The van der Waals surface area contributed by atoms with E-state index in [0.29, 0.717) is 0 Å². The van der Waals surface area contributed by atoms with Gasteiger partial charge in [0.05, 0.1) is 6.42 Å². The third kappa shape index (κ3) is 3.10. The molecule has 1 atom stereocenters. The van der Waals surface area contributed by atoms with E-state index in [0.717, 1.165) is 23.1 Å². The topological polar surface area (TPSA) is 89.6 Å². The largest absolute Gasteiger partial charge is 0.481 e. The Bertz CT molecular complexity index is 769. The Hall–Kier alpha value is -2.66. The highest BCUT2D eigenvalue weighted by Crippen LogP contribution is 2.38. The molecule has 5 heteroatoms. The van der Waals surface area contributed by atoms with Crippen LogP contribution < -0.4 is 5.73 Å². The van der Waals surface area contributed by atoms with Crippen molar-refractivity contribution in [3.05, 3.63) is 59.2 Å². The minimum absolute atomic E-state index is 0.101. The number of benzene rings is 2. The second-order valence-corrected chi connectivity index (χ2v) is 5.59. The van der Waals surface area contributed by atoms with E-state index in [4.69, 9.17) is 15.6 Å². The molecule has 3 rings (SSSR count). The van der Waals surface area contributed by atoms with E-state index in [1.807, 2.05) is 24.3 Å². The molecule has 0 radical (unpaired) electrons. The van der Waals surface area contributed by atoms with Crippen molar-refractivity contribution in [2.45, 2.75) is 25.5 Å². The van der Waals surface area contributed by atoms with Crippen LogP contribution in [0, 0.1) is 0 Å². The fraction of sp³-hybridized carbons (Fsp3) is 0.222. The van der Waals surface area contributed by atoms with Gasteiger partial charge in [0.2, 0.25) is 0 Å². The highest BCUT2D eigenvalue weighted by atomic mass is 16.5. The molecular formula is C18H17NO4. The summed E-state index contributed by atoms with van der Waals surface area (Å²) >= 11 is 0. The molecule has 0 aliphatic heterocycles. The first-order valence-corrected chi connectivity index (χ1v) is 7.39. The molecule has 0 spiro atoms. The van der Waals surface area contributed by atoms with Crippen LogP contribution in [0.3, 0.4) is 0 Å². The van der Waals surface area contributed by atoms with Gasteiger partial charge < -0.3 is 15.6 Å². The SMILES string of the molecule is NC(CC(=O)O)C(=O)OCc1cccc2c1Cc1ccccc1-2. The number of fused-ring (bicyclic) bond motifs is 3. The van der Waals surface area contributed by atoms with Gasteiger partial charge in [0.15, 0.2) is 0 Å². The van der Waals surface area contributed by atoms with Gasteiger partial charge in [-0.3, -0.25) is 9.59 Å².